The van der Waals surface area contributed by atoms with E-state index in [1.54, 1.807) is 4.90 Å². The number of sulfonamides is 1. The van der Waals surface area contributed by atoms with E-state index < -0.39 is 15.8 Å². The van der Waals surface area contributed by atoms with E-state index in [1.807, 2.05) is 0 Å². The van der Waals surface area contributed by atoms with E-state index in [2.05, 4.69) is 12.2 Å². The van der Waals surface area contributed by atoms with Crippen molar-refractivity contribution in [1.82, 2.24) is 4.90 Å². The second kappa shape index (κ2) is 7.27. The summed E-state index contributed by atoms with van der Waals surface area (Å²) < 4.78 is 36.2. The summed E-state index contributed by atoms with van der Waals surface area (Å²) in [6, 6.07) is 3.32. The van der Waals surface area contributed by atoms with Crippen molar-refractivity contribution in [3.8, 4) is 0 Å². The van der Waals surface area contributed by atoms with Gasteiger partial charge in [0.25, 0.3) is 0 Å². The predicted molar refractivity (Wildman–Crippen MR) is 85.9 cm³/mol. The Morgan fingerprint density at radius 1 is 1.39 bits per heavy atom. The van der Waals surface area contributed by atoms with Crippen molar-refractivity contribution < 1.29 is 17.6 Å². The predicted octanol–water partition coefficient (Wildman–Crippen LogP) is 1.53. The number of carbonyl (C=O) groups excluding carboxylic acids is 1. The maximum atomic E-state index is 13.9. The van der Waals surface area contributed by atoms with Crippen LogP contribution in [0.2, 0.25) is 0 Å². The average molecular weight is 343 g/mol. The second-order valence-corrected chi connectivity index (χ2v) is 7.52. The molecule has 1 fully saturated rings. The fraction of sp³-hybridized carbons (Fsp3) is 0.533. The Labute approximate surface area is 135 Å². The Bertz CT molecular complexity index is 679. The van der Waals surface area contributed by atoms with E-state index in [0.29, 0.717) is 12.5 Å². The quantitative estimate of drug-likeness (QED) is 0.867. The molecule has 1 atom stereocenters. The fourth-order valence-electron chi connectivity index (χ4n) is 2.61. The van der Waals surface area contributed by atoms with Gasteiger partial charge in [0.05, 0.1) is 17.1 Å². The molecule has 0 radical (unpaired) electrons. The van der Waals surface area contributed by atoms with Gasteiger partial charge in [0, 0.05) is 13.1 Å². The molecule has 6 nitrogen and oxygen atoms in total. The first-order chi connectivity index (χ1) is 10.8. The van der Waals surface area contributed by atoms with Gasteiger partial charge in [-0.05, 0) is 43.4 Å². The highest BCUT2D eigenvalue weighted by molar-refractivity contribution is 7.89. The van der Waals surface area contributed by atoms with Gasteiger partial charge in [-0.15, -0.1) is 0 Å². The smallest absolute Gasteiger partial charge is 0.241 e. The molecule has 0 aromatic heterocycles. The maximum Gasteiger partial charge on any atom is 0.241 e. The van der Waals surface area contributed by atoms with Crippen LogP contribution in [0.5, 0.6) is 0 Å². The van der Waals surface area contributed by atoms with Crippen molar-refractivity contribution in [3.05, 3.63) is 24.0 Å². The molecular weight excluding hydrogens is 321 g/mol. The topological polar surface area (TPSA) is 92.5 Å². The van der Waals surface area contributed by atoms with Crippen LogP contribution >= 0.6 is 0 Å². The number of amides is 1. The molecule has 8 heteroatoms. The van der Waals surface area contributed by atoms with Crippen LogP contribution in [0.4, 0.5) is 10.1 Å². The van der Waals surface area contributed by atoms with E-state index in [-0.39, 0.29) is 23.0 Å². The van der Waals surface area contributed by atoms with Crippen LogP contribution in [0.1, 0.15) is 26.2 Å². The number of halogens is 1. The van der Waals surface area contributed by atoms with E-state index >= 15 is 0 Å². The van der Waals surface area contributed by atoms with Crippen LogP contribution in [0.15, 0.2) is 23.1 Å². The molecule has 1 aliphatic rings. The van der Waals surface area contributed by atoms with Crippen LogP contribution in [-0.4, -0.2) is 38.9 Å². The summed E-state index contributed by atoms with van der Waals surface area (Å²) in [7, 11) is -3.94. The largest absolute Gasteiger partial charge is 0.374 e. The molecule has 1 saturated heterocycles. The number of hydrogen-bond acceptors (Lipinski definition) is 4. The van der Waals surface area contributed by atoms with Crippen molar-refractivity contribution in [2.45, 2.75) is 31.1 Å². The summed E-state index contributed by atoms with van der Waals surface area (Å²) in [5.41, 5.74) is 0.0777. The highest BCUT2D eigenvalue weighted by atomic mass is 32.2. The van der Waals surface area contributed by atoms with E-state index in [1.165, 1.54) is 12.1 Å². The number of hydrogen-bond donors (Lipinski definition) is 2. The molecule has 3 N–H and O–H groups in total. The zero-order valence-electron chi connectivity index (χ0n) is 13.1. The highest BCUT2D eigenvalue weighted by Crippen LogP contribution is 2.19. The summed E-state index contributed by atoms with van der Waals surface area (Å²) >= 11 is 0. The number of carbonyl (C=O) groups is 1. The summed E-state index contributed by atoms with van der Waals surface area (Å²) in [5.74, 6) is -0.230. The minimum Gasteiger partial charge on any atom is -0.374 e. The third kappa shape index (κ3) is 4.90. The zero-order valence-corrected chi connectivity index (χ0v) is 13.9. The molecule has 0 bridgehead atoms. The van der Waals surface area contributed by atoms with Crippen LogP contribution in [-0.2, 0) is 14.8 Å². The average Bonchev–Trinajstić information content (AvgIpc) is 2.69. The second-order valence-electron chi connectivity index (χ2n) is 5.96. The van der Waals surface area contributed by atoms with Gasteiger partial charge in [0.2, 0.25) is 15.9 Å². The highest BCUT2D eigenvalue weighted by Gasteiger charge is 2.19. The normalized spacial score (nSPS) is 19.3. The van der Waals surface area contributed by atoms with Crippen LogP contribution in [0, 0.1) is 11.7 Å². The SMILES string of the molecule is CC1CCCN(C(=O)CNc2ccc(S(N)(=O)=O)cc2F)CC1. The number of rotatable bonds is 4. The van der Waals surface area contributed by atoms with Gasteiger partial charge < -0.3 is 10.2 Å². The Morgan fingerprint density at radius 3 is 2.78 bits per heavy atom. The van der Waals surface area contributed by atoms with Gasteiger partial charge >= 0.3 is 0 Å². The number of primary sulfonamides is 1. The Hall–Kier alpha value is -1.67. The number of anilines is 1. The molecular formula is C15H22FN3O3S. The molecule has 0 saturated carbocycles. The first-order valence-electron chi connectivity index (χ1n) is 7.61. The minimum absolute atomic E-state index is 0.0278. The van der Waals surface area contributed by atoms with Crippen molar-refractivity contribution in [1.29, 1.82) is 0 Å². The number of nitrogens with zero attached hydrogens (tertiary/aromatic N) is 1. The lowest BCUT2D eigenvalue weighted by Gasteiger charge is -2.21. The van der Waals surface area contributed by atoms with Gasteiger partial charge in [-0.3, -0.25) is 4.79 Å². The molecule has 1 unspecified atom stereocenters. The molecule has 0 aliphatic carbocycles. The molecule has 2 rings (SSSR count). The first kappa shape index (κ1) is 17.7. The van der Waals surface area contributed by atoms with Crippen molar-refractivity contribution >= 4 is 21.6 Å². The molecule has 1 aliphatic heterocycles. The standard InChI is InChI=1S/C15H22FN3O3S/c1-11-3-2-7-19(8-6-11)15(20)10-18-14-5-4-12(9-13(14)16)23(17,21)22/h4-5,9,11,18H,2-3,6-8,10H2,1H3,(H2,17,21,22). The number of likely N-dealkylation sites (tertiary alicyclic amines) is 1. The number of nitrogens with two attached hydrogens (primary N) is 1. The van der Waals surface area contributed by atoms with E-state index in [9.17, 15) is 17.6 Å². The molecule has 1 aromatic rings. The van der Waals surface area contributed by atoms with Gasteiger partial charge in [-0.1, -0.05) is 6.92 Å². The van der Waals surface area contributed by atoms with Gasteiger partial charge in [0.1, 0.15) is 5.82 Å². The molecule has 23 heavy (non-hydrogen) atoms. The Kier molecular flexibility index (Phi) is 5.59. The van der Waals surface area contributed by atoms with Gasteiger partial charge in [-0.25, -0.2) is 17.9 Å². The lowest BCUT2D eigenvalue weighted by atomic mass is 10.0. The van der Waals surface area contributed by atoms with Crippen molar-refractivity contribution in [3.63, 3.8) is 0 Å². The van der Waals surface area contributed by atoms with Crippen LogP contribution in [0.25, 0.3) is 0 Å². The summed E-state index contributed by atoms with van der Waals surface area (Å²) in [5, 5.41) is 7.66. The van der Waals surface area contributed by atoms with Crippen LogP contribution in [0.3, 0.4) is 0 Å². The first-order valence-corrected chi connectivity index (χ1v) is 9.16. The zero-order chi connectivity index (χ0) is 17.0. The van der Waals surface area contributed by atoms with E-state index in [4.69, 9.17) is 5.14 Å². The van der Waals surface area contributed by atoms with Gasteiger partial charge in [-0.2, -0.15) is 0 Å². The monoisotopic (exact) mass is 343 g/mol. The molecule has 1 aromatic carbocycles. The molecule has 1 heterocycles. The third-order valence-electron chi connectivity index (χ3n) is 4.07. The van der Waals surface area contributed by atoms with E-state index in [0.717, 1.165) is 31.9 Å². The number of nitrogens with one attached hydrogen (secondary N) is 1. The molecule has 1 amide bonds. The number of benzene rings is 1. The van der Waals surface area contributed by atoms with Crippen molar-refractivity contribution in [2.24, 2.45) is 11.1 Å². The maximum absolute atomic E-state index is 13.9. The fourth-order valence-corrected chi connectivity index (χ4v) is 3.14. The van der Waals surface area contributed by atoms with Crippen molar-refractivity contribution in [2.75, 3.05) is 25.0 Å². The third-order valence-corrected chi connectivity index (χ3v) is 4.98. The Morgan fingerprint density at radius 2 is 2.13 bits per heavy atom. The summed E-state index contributed by atoms with van der Waals surface area (Å²) in [6.45, 7) is 3.58. The molecule has 128 valence electrons. The van der Waals surface area contributed by atoms with Gasteiger partial charge in [0.15, 0.2) is 0 Å². The molecule has 0 spiro atoms. The summed E-state index contributed by atoms with van der Waals surface area (Å²) in [4.78, 5) is 13.7. The summed E-state index contributed by atoms with van der Waals surface area (Å²) in [6.07, 6.45) is 3.06. The lowest BCUT2D eigenvalue weighted by molar-refractivity contribution is -0.129. The minimum atomic E-state index is -3.94. The lowest BCUT2D eigenvalue weighted by Crippen LogP contribution is -2.36. The Balaban J connectivity index is 1.96. The van der Waals surface area contributed by atoms with Crippen LogP contribution < -0.4 is 10.5 Å².